The molecule has 0 amide bonds. The molecule has 3 rings (SSSR count). The predicted octanol–water partition coefficient (Wildman–Crippen LogP) is 4.62. The van der Waals surface area contributed by atoms with Crippen LogP contribution in [0.1, 0.15) is 0 Å². The molecular weight excluding hydrogens is 230 g/mol. The molecule has 0 saturated heterocycles. The van der Waals surface area contributed by atoms with Gasteiger partial charge >= 0.3 is 0 Å². The number of benzene rings is 3. The fourth-order valence-corrected chi connectivity index (χ4v) is 3.48. The summed E-state index contributed by atoms with van der Waals surface area (Å²) in [7, 11) is 4.76. The van der Waals surface area contributed by atoms with Crippen molar-refractivity contribution in [1.29, 1.82) is 0 Å². The molecule has 3 aromatic rings. The maximum absolute atomic E-state index is 3.62. The third-order valence-electron chi connectivity index (χ3n) is 2.85. The third kappa shape index (κ3) is 1.47. The highest BCUT2D eigenvalue weighted by atomic mass is 31.7. The summed E-state index contributed by atoms with van der Waals surface area (Å²) in [5, 5.41) is 6.63. The average Bonchev–Trinajstić information content (AvgIpc) is 2.36. The summed E-state index contributed by atoms with van der Waals surface area (Å²) in [6.07, 6.45) is 0. The summed E-state index contributed by atoms with van der Waals surface area (Å²) in [5.74, 6) is 0. The molecule has 0 N–H and O–H groups in total. The van der Waals surface area contributed by atoms with Crippen molar-refractivity contribution in [2.45, 2.75) is 0 Å². The molecular formula is C14H10P2. The van der Waals surface area contributed by atoms with Gasteiger partial charge in [-0.2, -0.15) is 0 Å². The van der Waals surface area contributed by atoms with E-state index in [1.165, 1.54) is 26.8 Å². The lowest BCUT2D eigenvalue weighted by atomic mass is 10.0. The molecule has 2 heteroatoms. The summed E-state index contributed by atoms with van der Waals surface area (Å²) in [4.78, 5) is 0. The van der Waals surface area contributed by atoms with Crippen LogP contribution >= 0.6 is 16.4 Å². The van der Waals surface area contributed by atoms with Crippen molar-refractivity contribution >= 4 is 43.2 Å². The van der Waals surface area contributed by atoms with Crippen LogP contribution in [0.3, 0.4) is 0 Å². The van der Waals surface area contributed by atoms with Gasteiger partial charge in [-0.15, -0.1) is 0 Å². The SMILES string of the molecule is P=Pc1c2ccccc2cc2ccccc12. The highest BCUT2D eigenvalue weighted by Crippen LogP contribution is 2.25. The molecule has 0 aromatic heterocycles. The lowest BCUT2D eigenvalue weighted by Crippen LogP contribution is -1.96. The molecule has 0 aliphatic rings. The fourth-order valence-electron chi connectivity index (χ4n) is 2.11. The van der Waals surface area contributed by atoms with Crippen LogP contribution in [0.25, 0.3) is 21.5 Å². The van der Waals surface area contributed by atoms with Crippen molar-refractivity contribution in [3.63, 3.8) is 0 Å². The Morgan fingerprint density at radius 2 is 1.25 bits per heavy atom. The Balaban J connectivity index is 2.61. The van der Waals surface area contributed by atoms with E-state index in [9.17, 15) is 0 Å². The Labute approximate surface area is 98.1 Å². The summed E-state index contributed by atoms with van der Waals surface area (Å²) in [5.41, 5.74) is 0. The van der Waals surface area contributed by atoms with E-state index in [1.54, 1.807) is 0 Å². The van der Waals surface area contributed by atoms with E-state index < -0.39 is 0 Å². The number of hydrogen-bond donors (Lipinski definition) is 0. The topological polar surface area (TPSA) is 0 Å². The molecule has 0 radical (unpaired) electrons. The highest BCUT2D eigenvalue weighted by molar-refractivity contribution is 7.79. The first-order chi connectivity index (χ1) is 7.90. The maximum Gasteiger partial charge on any atom is 0.0214 e. The summed E-state index contributed by atoms with van der Waals surface area (Å²) >= 11 is 0. The Morgan fingerprint density at radius 3 is 1.75 bits per heavy atom. The molecule has 0 fully saturated rings. The van der Waals surface area contributed by atoms with Gasteiger partial charge in [-0.3, -0.25) is 0 Å². The maximum atomic E-state index is 3.62. The molecule has 0 aliphatic carbocycles. The van der Waals surface area contributed by atoms with Crippen LogP contribution in [0, 0.1) is 0 Å². The summed E-state index contributed by atoms with van der Waals surface area (Å²) < 4.78 is 0. The Hall–Kier alpha value is -1.22. The van der Waals surface area contributed by atoms with E-state index >= 15 is 0 Å². The largest absolute Gasteiger partial charge is 0.0883 e. The smallest absolute Gasteiger partial charge is 0.0214 e. The first-order valence-electron chi connectivity index (χ1n) is 5.18. The van der Waals surface area contributed by atoms with Crippen LogP contribution in [0.15, 0.2) is 54.6 Å². The Bertz CT molecular complexity index is 632. The predicted molar refractivity (Wildman–Crippen MR) is 76.3 cm³/mol. The molecule has 0 atom stereocenters. The third-order valence-corrected chi connectivity index (χ3v) is 4.23. The van der Waals surface area contributed by atoms with Gasteiger partial charge in [0, 0.05) is 5.30 Å². The quantitative estimate of drug-likeness (QED) is 0.430. The Kier molecular flexibility index (Phi) is 2.48. The van der Waals surface area contributed by atoms with E-state index in [0.717, 1.165) is 7.87 Å². The zero-order chi connectivity index (χ0) is 11.0. The van der Waals surface area contributed by atoms with Crippen LogP contribution < -0.4 is 5.30 Å². The molecule has 0 heterocycles. The van der Waals surface area contributed by atoms with Gasteiger partial charge in [0.1, 0.15) is 0 Å². The second-order valence-electron chi connectivity index (χ2n) is 3.78. The molecule has 0 unspecified atom stereocenters. The van der Waals surface area contributed by atoms with Crippen molar-refractivity contribution in [2.75, 3.05) is 0 Å². The zero-order valence-electron chi connectivity index (χ0n) is 8.64. The minimum absolute atomic E-state index is 1.14. The van der Waals surface area contributed by atoms with Crippen LogP contribution in [0.4, 0.5) is 0 Å². The van der Waals surface area contributed by atoms with Crippen molar-refractivity contribution in [1.82, 2.24) is 0 Å². The molecule has 0 bridgehead atoms. The van der Waals surface area contributed by atoms with Gasteiger partial charge in [0.15, 0.2) is 0 Å². The van der Waals surface area contributed by atoms with Gasteiger partial charge in [0.2, 0.25) is 0 Å². The van der Waals surface area contributed by atoms with Gasteiger partial charge in [0.05, 0.1) is 0 Å². The molecule has 0 saturated carbocycles. The monoisotopic (exact) mass is 240 g/mol. The normalized spacial score (nSPS) is 11.2. The van der Waals surface area contributed by atoms with Crippen molar-refractivity contribution in [3.05, 3.63) is 54.6 Å². The van der Waals surface area contributed by atoms with Crippen LogP contribution in [0.5, 0.6) is 0 Å². The van der Waals surface area contributed by atoms with Crippen molar-refractivity contribution in [2.24, 2.45) is 0 Å². The van der Waals surface area contributed by atoms with E-state index in [-0.39, 0.29) is 0 Å². The number of rotatable bonds is 1. The van der Waals surface area contributed by atoms with Crippen LogP contribution in [0.2, 0.25) is 0 Å². The minimum Gasteiger partial charge on any atom is -0.0883 e. The zero-order valence-corrected chi connectivity index (χ0v) is 10.5. The standard InChI is InChI=1S/C14H10P2/c15-16-14-12-7-3-1-5-10(12)9-11-6-2-4-8-13(11)14/h1-9,15H. The van der Waals surface area contributed by atoms with Crippen LogP contribution in [-0.4, -0.2) is 0 Å². The first-order valence-corrected chi connectivity index (χ1v) is 7.42. The lowest BCUT2D eigenvalue weighted by molar-refractivity contribution is 1.79. The Morgan fingerprint density at radius 1 is 0.750 bits per heavy atom. The lowest BCUT2D eigenvalue weighted by Gasteiger charge is -2.06. The van der Waals surface area contributed by atoms with E-state index in [4.69, 9.17) is 0 Å². The van der Waals surface area contributed by atoms with Gasteiger partial charge in [-0.1, -0.05) is 57.1 Å². The summed E-state index contributed by atoms with van der Waals surface area (Å²) in [6, 6.07) is 19.3. The van der Waals surface area contributed by atoms with E-state index in [2.05, 4.69) is 63.1 Å². The van der Waals surface area contributed by atoms with Gasteiger partial charge in [0.25, 0.3) is 0 Å². The second-order valence-corrected chi connectivity index (χ2v) is 5.12. The molecule has 0 aliphatic heterocycles. The average molecular weight is 240 g/mol. The highest BCUT2D eigenvalue weighted by Gasteiger charge is 2.03. The van der Waals surface area contributed by atoms with Crippen molar-refractivity contribution < 1.29 is 0 Å². The first kappa shape index (κ1) is 9.97. The molecule has 16 heavy (non-hydrogen) atoms. The number of hydrogen-bond acceptors (Lipinski definition) is 0. The fraction of sp³-hybridized carbons (Fsp3) is 0. The van der Waals surface area contributed by atoms with Gasteiger partial charge < -0.3 is 0 Å². The molecule has 0 nitrogen and oxygen atoms in total. The van der Waals surface area contributed by atoms with Crippen molar-refractivity contribution in [3.8, 4) is 0 Å². The van der Waals surface area contributed by atoms with Gasteiger partial charge in [-0.25, -0.2) is 0 Å². The second kappa shape index (κ2) is 3.98. The number of fused-ring (bicyclic) bond motifs is 2. The van der Waals surface area contributed by atoms with E-state index in [0.29, 0.717) is 0 Å². The molecule has 76 valence electrons. The van der Waals surface area contributed by atoms with Crippen LogP contribution in [-0.2, 0) is 0 Å². The van der Waals surface area contributed by atoms with E-state index in [1.807, 2.05) is 0 Å². The summed E-state index contributed by atoms with van der Waals surface area (Å²) in [6.45, 7) is 0. The minimum atomic E-state index is 1.14. The molecule has 0 spiro atoms. The molecule has 3 aromatic carbocycles. The van der Waals surface area contributed by atoms with Gasteiger partial charge in [-0.05, 0) is 35.5 Å².